The van der Waals surface area contributed by atoms with Crippen molar-refractivity contribution in [1.82, 2.24) is 9.97 Å². The van der Waals surface area contributed by atoms with Gasteiger partial charge in [0, 0.05) is 11.4 Å². The van der Waals surface area contributed by atoms with E-state index >= 15 is 0 Å². The van der Waals surface area contributed by atoms with Crippen LogP contribution >= 0.6 is 11.8 Å². The number of carbonyl (C=O) groups excluding carboxylic acids is 1. The first-order valence-electron chi connectivity index (χ1n) is 7.25. The third-order valence-electron chi connectivity index (χ3n) is 3.13. The molecule has 0 aliphatic carbocycles. The number of nitrogens with zero attached hydrogens (tertiary/aromatic N) is 2. The number of thioether (sulfide) groups is 1. The summed E-state index contributed by atoms with van der Waals surface area (Å²) in [5.74, 6) is 1.33. The minimum absolute atomic E-state index is 0.139. The zero-order valence-corrected chi connectivity index (χ0v) is 13.8. The quantitative estimate of drug-likeness (QED) is 0.686. The lowest BCUT2D eigenvalue weighted by atomic mass is 10.2. The number of rotatable bonds is 4. The van der Waals surface area contributed by atoms with E-state index in [1.54, 1.807) is 6.07 Å². The minimum atomic E-state index is -0.139. The fourth-order valence-electron chi connectivity index (χ4n) is 2.25. The Bertz CT molecular complexity index is 716. The van der Waals surface area contributed by atoms with Gasteiger partial charge < -0.3 is 14.8 Å². The molecule has 0 spiro atoms. The molecule has 120 valence electrons. The van der Waals surface area contributed by atoms with Crippen LogP contribution in [-0.2, 0) is 4.79 Å². The number of benzene rings is 1. The molecule has 23 heavy (non-hydrogen) atoms. The standard InChI is InChI=1S/C16H17N3O3S/c1-10-8-11(2)18-16(17-10)23-9-14(20)19-12-4-3-5-13-15(12)22-7-6-21-13/h3-5,8H,6-7,9H2,1-2H3,(H,19,20). The van der Waals surface area contributed by atoms with Crippen LogP contribution in [0.15, 0.2) is 29.4 Å². The van der Waals surface area contributed by atoms with Gasteiger partial charge in [-0.05, 0) is 32.0 Å². The van der Waals surface area contributed by atoms with E-state index in [9.17, 15) is 4.79 Å². The van der Waals surface area contributed by atoms with Gasteiger partial charge in [-0.15, -0.1) is 0 Å². The SMILES string of the molecule is Cc1cc(C)nc(SCC(=O)Nc2cccc3c2OCCO3)n1. The highest BCUT2D eigenvalue weighted by Crippen LogP contribution is 2.37. The molecule has 1 aliphatic heterocycles. The number of hydrogen-bond donors (Lipinski definition) is 1. The van der Waals surface area contributed by atoms with Gasteiger partial charge in [0.25, 0.3) is 0 Å². The highest BCUT2D eigenvalue weighted by molar-refractivity contribution is 7.99. The topological polar surface area (TPSA) is 73.3 Å². The average molecular weight is 331 g/mol. The van der Waals surface area contributed by atoms with Crippen molar-refractivity contribution < 1.29 is 14.3 Å². The lowest BCUT2D eigenvalue weighted by Crippen LogP contribution is -2.19. The molecule has 1 N–H and O–H groups in total. The van der Waals surface area contributed by atoms with Crippen LogP contribution in [0.25, 0.3) is 0 Å². The molecule has 1 aliphatic rings. The van der Waals surface area contributed by atoms with Crippen LogP contribution in [0, 0.1) is 13.8 Å². The summed E-state index contributed by atoms with van der Waals surface area (Å²) in [6, 6.07) is 7.34. The fourth-order valence-corrected chi connectivity index (χ4v) is 3.00. The highest BCUT2D eigenvalue weighted by Gasteiger charge is 2.17. The predicted molar refractivity (Wildman–Crippen MR) is 88.3 cm³/mol. The van der Waals surface area contributed by atoms with Crippen LogP contribution in [-0.4, -0.2) is 34.8 Å². The van der Waals surface area contributed by atoms with E-state index in [0.717, 1.165) is 11.4 Å². The van der Waals surface area contributed by atoms with E-state index in [4.69, 9.17) is 9.47 Å². The lowest BCUT2D eigenvalue weighted by Gasteiger charge is -2.20. The number of anilines is 1. The Morgan fingerprint density at radius 2 is 1.96 bits per heavy atom. The van der Waals surface area contributed by atoms with Crippen molar-refractivity contribution in [3.8, 4) is 11.5 Å². The monoisotopic (exact) mass is 331 g/mol. The fraction of sp³-hybridized carbons (Fsp3) is 0.312. The third kappa shape index (κ3) is 3.92. The second-order valence-corrected chi connectivity index (χ2v) is 6.04. The summed E-state index contributed by atoms with van der Waals surface area (Å²) in [7, 11) is 0. The molecular formula is C16H17N3O3S. The molecule has 0 bridgehead atoms. The number of ether oxygens (including phenoxy) is 2. The summed E-state index contributed by atoms with van der Waals surface area (Å²) in [6.07, 6.45) is 0. The van der Waals surface area contributed by atoms with E-state index < -0.39 is 0 Å². The number of para-hydroxylation sites is 1. The molecule has 0 atom stereocenters. The Kier molecular flexibility index (Phi) is 4.66. The van der Waals surface area contributed by atoms with Crippen LogP contribution in [0.5, 0.6) is 11.5 Å². The lowest BCUT2D eigenvalue weighted by molar-refractivity contribution is -0.113. The molecular weight excluding hydrogens is 314 g/mol. The molecule has 1 amide bonds. The van der Waals surface area contributed by atoms with Gasteiger partial charge in [0.1, 0.15) is 13.2 Å². The number of aryl methyl sites for hydroxylation is 2. The molecule has 7 heteroatoms. The number of hydrogen-bond acceptors (Lipinski definition) is 6. The molecule has 3 rings (SSSR count). The van der Waals surface area contributed by atoms with E-state index in [1.807, 2.05) is 32.0 Å². The Morgan fingerprint density at radius 1 is 1.22 bits per heavy atom. The second kappa shape index (κ2) is 6.87. The molecule has 6 nitrogen and oxygen atoms in total. The second-order valence-electron chi connectivity index (χ2n) is 5.10. The molecule has 0 saturated heterocycles. The summed E-state index contributed by atoms with van der Waals surface area (Å²) in [5.41, 5.74) is 2.40. The number of nitrogens with one attached hydrogen (secondary N) is 1. The first kappa shape index (κ1) is 15.6. The van der Waals surface area contributed by atoms with E-state index in [1.165, 1.54) is 11.8 Å². The zero-order chi connectivity index (χ0) is 16.2. The van der Waals surface area contributed by atoms with Gasteiger partial charge in [-0.2, -0.15) is 0 Å². The summed E-state index contributed by atoms with van der Waals surface area (Å²) in [4.78, 5) is 20.8. The van der Waals surface area contributed by atoms with Crippen LogP contribution in [0.2, 0.25) is 0 Å². The Morgan fingerprint density at radius 3 is 2.74 bits per heavy atom. The Labute approximate surface area is 138 Å². The largest absolute Gasteiger partial charge is 0.486 e. The van der Waals surface area contributed by atoms with Crippen LogP contribution in [0.4, 0.5) is 5.69 Å². The first-order valence-corrected chi connectivity index (χ1v) is 8.24. The predicted octanol–water partition coefficient (Wildman–Crippen LogP) is 2.60. The number of amides is 1. The summed E-state index contributed by atoms with van der Waals surface area (Å²) < 4.78 is 11.1. The molecule has 0 unspecified atom stereocenters. The molecule has 0 fully saturated rings. The minimum Gasteiger partial charge on any atom is -0.486 e. The molecule has 2 aromatic rings. The van der Waals surface area contributed by atoms with Crippen molar-refractivity contribution in [2.75, 3.05) is 24.3 Å². The van der Waals surface area contributed by atoms with Crippen molar-refractivity contribution in [1.29, 1.82) is 0 Å². The van der Waals surface area contributed by atoms with Crippen LogP contribution < -0.4 is 14.8 Å². The van der Waals surface area contributed by atoms with E-state index in [0.29, 0.717) is 35.6 Å². The van der Waals surface area contributed by atoms with Gasteiger partial charge in [0.15, 0.2) is 16.7 Å². The molecule has 0 saturated carbocycles. The normalized spacial score (nSPS) is 12.8. The van der Waals surface area contributed by atoms with Crippen molar-refractivity contribution in [2.24, 2.45) is 0 Å². The maximum Gasteiger partial charge on any atom is 0.234 e. The first-order chi connectivity index (χ1) is 11.1. The molecule has 2 heterocycles. The summed E-state index contributed by atoms with van der Waals surface area (Å²) in [5, 5.41) is 3.45. The maximum atomic E-state index is 12.2. The van der Waals surface area contributed by atoms with Gasteiger partial charge in [-0.3, -0.25) is 4.79 Å². The molecule has 0 radical (unpaired) electrons. The van der Waals surface area contributed by atoms with E-state index in [2.05, 4.69) is 15.3 Å². The van der Waals surface area contributed by atoms with Gasteiger partial charge in [-0.25, -0.2) is 9.97 Å². The number of fused-ring (bicyclic) bond motifs is 1. The van der Waals surface area contributed by atoms with Crippen molar-refractivity contribution >= 4 is 23.4 Å². The van der Waals surface area contributed by atoms with Crippen molar-refractivity contribution in [3.05, 3.63) is 35.7 Å². The highest BCUT2D eigenvalue weighted by atomic mass is 32.2. The van der Waals surface area contributed by atoms with Crippen LogP contribution in [0.3, 0.4) is 0 Å². The third-order valence-corrected chi connectivity index (χ3v) is 3.98. The Balaban J connectivity index is 1.64. The van der Waals surface area contributed by atoms with Gasteiger partial charge in [0.05, 0.1) is 11.4 Å². The molecule has 1 aromatic heterocycles. The van der Waals surface area contributed by atoms with Gasteiger partial charge in [-0.1, -0.05) is 17.8 Å². The summed E-state index contributed by atoms with van der Waals surface area (Å²) in [6.45, 7) is 4.81. The van der Waals surface area contributed by atoms with Crippen molar-refractivity contribution in [3.63, 3.8) is 0 Å². The number of aromatic nitrogens is 2. The number of carbonyl (C=O) groups is 1. The van der Waals surface area contributed by atoms with Gasteiger partial charge in [0.2, 0.25) is 5.91 Å². The van der Waals surface area contributed by atoms with Crippen molar-refractivity contribution in [2.45, 2.75) is 19.0 Å². The summed E-state index contributed by atoms with van der Waals surface area (Å²) >= 11 is 1.31. The van der Waals surface area contributed by atoms with Crippen LogP contribution in [0.1, 0.15) is 11.4 Å². The Hall–Kier alpha value is -2.28. The average Bonchev–Trinajstić information content (AvgIpc) is 2.52. The van der Waals surface area contributed by atoms with Gasteiger partial charge >= 0.3 is 0 Å². The molecule has 1 aromatic carbocycles. The smallest absolute Gasteiger partial charge is 0.234 e. The zero-order valence-electron chi connectivity index (χ0n) is 13.0. The maximum absolute atomic E-state index is 12.2. The van der Waals surface area contributed by atoms with E-state index in [-0.39, 0.29) is 11.7 Å².